The van der Waals surface area contributed by atoms with E-state index in [-0.39, 0.29) is 5.78 Å². The van der Waals surface area contributed by atoms with Crippen LogP contribution in [0.25, 0.3) is 0 Å². The summed E-state index contributed by atoms with van der Waals surface area (Å²) in [5.41, 5.74) is 0.788. The largest absolute Gasteiger partial charge is 0.294 e. The number of carbonyl (C=O) groups is 1. The molecule has 16 heavy (non-hydrogen) atoms. The van der Waals surface area contributed by atoms with Crippen LogP contribution < -0.4 is 0 Å². The molecule has 0 bridgehead atoms. The third-order valence-electron chi connectivity index (χ3n) is 2.10. The van der Waals surface area contributed by atoms with Crippen LogP contribution in [0.15, 0.2) is 40.2 Å². The van der Waals surface area contributed by atoms with Gasteiger partial charge in [0.1, 0.15) is 0 Å². The van der Waals surface area contributed by atoms with E-state index in [9.17, 15) is 4.79 Å². The van der Waals surface area contributed by atoms with Crippen molar-refractivity contribution in [1.82, 2.24) is 0 Å². The predicted octanol–water partition coefficient (Wildman–Crippen LogP) is 4.54. The smallest absolute Gasteiger partial charge is 0.168 e. The number of carbonyl (C=O) groups excluding carboxylic acids is 1. The van der Waals surface area contributed by atoms with Crippen molar-refractivity contribution in [2.75, 3.05) is 0 Å². The van der Waals surface area contributed by atoms with Gasteiger partial charge in [0.05, 0.1) is 0 Å². The molecule has 0 atom stereocenters. The lowest BCUT2D eigenvalue weighted by Crippen LogP contribution is -2.02. The van der Waals surface area contributed by atoms with Crippen LogP contribution in [0.5, 0.6) is 0 Å². The minimum Gasteiger partial charge on any atom is -0.294 e. The maximum atomic E-state index is 12.0. The third kappa shape index (κ3) is 3.15. The van der Waals surface area contributed by atoms with E-state index in [1.165, 1.54) is 0 Å². The van der Waals surface area contributed by atoms with E-state index >= 15 is 0 Å². The van der Waals surface area contributed by atoms with Gasteiger partial charge in [0, 0.05) is 30.3 Å². The zero-order valence-electron chi connectivity index (χ0n) is 8.24. The fraction of sp³-hybridized carbons (Fsp3) is 0.0833. The molecule has 0 aliphatic carbocycles. The molecule has 0 unspecified atom stereocenters. The quantitative estimate of drug-likeness (QED) is 0.540. The highest BCUT2D eigenvalue weighted by atomic mass is 127. The zero-order valence-corrected chi connectivity index (χ0v) is 12.8. The van der Waals surface area contributed by atoms with Gasteiger partial charge in [-0.3, -0.25) is 4.79 Å². The number of hydrogen-bond donors (Lipinski definition) is 0. The molecule has 0 aliphatic heterocycles. The first-order valence-electron chi connectivity index (χ1n) is 4.67. The summed E-state index contributed by atoms with van der Waals surface area (Å²) in [6.45, 7) is 0. The Morgan fingerprint density at radius 3 is 2.81 bits per heavy atom. The van der Waals surface area contributed by atoms with Gasteiger partial charge in [-0.2, -0.15) is 0 Å². The monoisotopic (exact) mass is 406 g/mol. The molecular weight excluding hydrogens is 399 g/mol. The SMILES string of the molecule is O=C(Cc1cc(Br)cs1)c1cccc(I)c1. The zero-order chi connectivity index (χ0) is 11.5. The number of thiophene rings is 1. The number of hydrogen-bond acceptors (Lipinski definition) is 2. The Morgan fingerprint density at radius 2 is 2.19 bits per heavy atom. The molecule has 4 heteroatoms. The van der Waals surface area contributed by atoms with Crippen LogP contribution in [0.4, 0.5) is 0 Å². The summed E-state index contributed by atoms with van der Waals surface area (Å²) in [4.78, 5) is 13.1. The second-order valence-corrected chi connectivity index (χ2v) is 6.50. The average molecular weight is 407 g/mol. The van der Waals surface area contributed by atoms with Gasteiger partial charge in [0.25, 0.3) is 0 Å². The highest BCUT2D eigenvalue weighted by Crippen LogP contribution is 2.21. The average Bonchev–Trinajstić information content (AvgIpc) is 2.64. The lowest BCUT2D eigenvalue weighted by Gasteiger charge is -1.99. The van der Waals surface area contributed by atoms with Gasteiger partial charge < -0.3 is 0 Å². The normalized spacial score (nSPS) is 10.4. The Hall–Kier alpha value is -0.200. The summed E-state index contributed by atoms with van der Waals surface area (Å²) in [5, 5.41) is 2.00. The molecule has 1 heterocycles. The molecule has 2 aromatic rings. The van der Waals surface area contributed by atoms with Gasteiger partial charge in [-0.05, 0) is 56.7 Å². The Kier molecular flexibility index (Phi) is 4.16. The van der Waals surface area contributed by atoms with Crippen molar-refractivity contribution in [2.45, 2.75) is 6.42 Å². The van der Waals surface area contributed by atoms with Crippen molar-refractivity contribution < 1.29 is 4.79 Å². The lowest BCUT2D eigenvalue weighted by atomic mass is 10.1. The second kappa shape index (κ2) is 5.42. The molecule has 0 radical (unpaired) electrons. The molecule has 1 aromatic carbocycles. The van der Waals surface area contributed by atoms with Gasteiger partial charge >= 0.3 is 0 Å². The first-order chi connectivity index (χ1) is 7.65. The summed E-state index contributed by atoms with van der Waals surface area (Å²) in [6, 6.07) is 9.69. The minimum atomic E-state index is 0.174. The topological polar surface area (TPSA) is 17.1 Å². The molecule has 0 amide bonds. The van der Waals surface area contributed by atoms with Crippen LogP contribution in [0.1, 0.15) is 15.2 Å². The Balaban J connectivity index is 2.14. The Labute approximate surface area is 120 Å². The summed E-state index contributed by atoms with van der Waals surface area (Å²) in [5.74, 6) is 0.174. The molecule has 2 rings (SSSR count). The number of Topliss-reactive ketones (excluding diaryl/α,β-unsaturated/α-hetero) is 1. The summed E-state index contributed by atoms with van der Waals surface area (Å²) >= 11 is 7.21. The molecule has 0 aliphatic rings. The third-order valence-corrected chi connectivity index (χ3v) is 4.47. The maximum Gasteiger partial charge on any atom is 0.168 e. The molecule has 82 valence electrons. The van der Waals surface area contributed by atoms with Crippen LogP contribution in [-0.2, 0) is 6.42 Å². The number of halogens is 2. The first kappa shape index (κ1) is 12.3. The summed E-state index contributed by atoms with van der Waals surface area (Å²) < 4.78 is 2.14. The highest BCUT2D eigenvalue weighted by Gasteiger charge is 2.08. The number of benzene rings is 1. The van der Waals surface area contributed by atoms with Crippen molar-refractivity contribution >= 4 is 55.6 Å². The predicted molar refractivity (Wildman–Crippen MR) is 79.2 cm³/mol. The molecule has 0 N–H and O–H groups in total. The molecule has 0 spiro atoms. The van der Waals surface area contributed by atoms with Crippen LogP contribution in [0, 0.1) is 3.57 Å². The first-order valence-corrected chi connectivity index (χ1v) is 7.42. The van der Waals surface area contributed by atoms with Gasteiger partial charge in [-0.15, -0.1) is 11.3 Å². The van der Waals surface area contributed by atoms with Crippen LogP contribution in [0.2, 0.25) is 0 Å². The van der Waals surface area contributed by atoms with Gasteiger partial charge in [0.2, 0.25) is 0 Å². The second-order valence-electron chi connectivity index (χ2n) is 3.34. The molecular formula is C12H8BrIOS. The Bertz CT molecular complexity index is 521. The van der Waals surface area contributed by atoms with E-state index in [1.807, 2.05) is 35.7 Å². The maximum absolute atomic E-state index is 12.0. The van der Waals surface area contributed by atoms with Crippen molar-refractivity contribution in [1.29, 1.82) is 0 Å². The van der Waals surface area contributed by atoms with E-state index in [0.29, 0.717) is 6.42 Å². The van der Waals surface area contributed by atoms with E-state index in [2.05, 4.69) is 38.5 Å². The van der Waals surface area contributed by atoms with E-state index in [0.717, 1.165) is 18.5 Å². The lowest BCUT2D eigenvalue weighted by molar-refractivity contribution is 0.0994. The molecule has 0 fully saturated rings. The molecule has 0 saturated heterocycles. The fourth-order valence-electron chi connectivity index (χ4n) is 1.37. The van der Waals surface area contributed by atoms with Gasteiger partial charge in [-0.25, -0.2) is 0 Å². The summed E-state index contributed by atoms with van der Waals surface area (Å²) in [6.07, 6.45) is 0.482. The molecule has 1 aromatic heterocycles. The fourth-order valence-corrected chi connectivity index (χ4v) is 3.36. The van der Waals surface area contributed by atoms with Gasteiger partial charge in [0.15, 0.2) is 5.78 Å². The minimum absolute atomic E-state index is 0.174. The molecule has 0 saturated carbocycles. The van der Waals surface area contributed by atoms with Crippen LogP contribution in [-0.4, -0.2) is 5.78 Å². The van der Waals surface area contributed by atoms with Crippen molar-refractivity contribution in [2.24, 2.45) is 0 Å². The highest BCUT2D eigenvalue weighted by molar-refractivity contribution is 14.1. The van der Waals surface area contributed by atoms with E-state index < -0.39 is 0 Å². The van der Waals surface area contributed by atoms with Crippen molar-refractivity contribution in [3.63, 3.8) is 0 Å². The standard InChI is InChI=1S/C12H8BrIOS/c13-9-5-11(16-7-9)6-12(15)8-2-1-3-10(14)4-8/h1-5,7H,6H2. The van der Waals surface area contributed by atoms with Crippen LogP contribution >= 0.6 is 49.9 Å². The van der Waals surface area contributed by atoms with Crippen molar-refractivity contribution in [3.8, 4) is 0 Å². The Morgan fingerprint density at radius 1 is 1.38 bits per heavy atom. The molecule has 1 nitrogen and oxygen atoms in total. The van der Waals surface area contributed by atoms with E-state index in [4.69, 9.17) is 0 Å². The van der Waals surface area contributed by atoms with Crippen molar-refractivity contribution in [3.05, 3.63) is 54.2 Å². The van der Waals surface area contributed by atoms with E-state index in [1.54, 1.807) is 11.3 Å². The summed E-state index contributed by atoms with van der Waals surface area (Å²) in [7, 11) is 0. The van der Waals surface area contributed by atoms with Crippen LogP contribution in [0.3, 0.4) is 0 Å². The number of ketones is 1. The van der Waals surface area contributed by atoms with Gasteiger partial charge in [-0.1, -0.05) is 12.1 Å². The number of rotatable bonds is 3.